The summed E-state index contributed by atoms with van der Waals surface area (Å²) in [7, 11) is 0. The fraction of sp³-hybridized carbons (Fsp3) is 0.100. The van der Waals surface area contributed by atoms with Crippen molar-refractivity contribution in [1.82, 2.24) is 0 Å². The molecule has 0 spiro atoms. The van der Waals surface area contributed by atoms with Crippen LogP contribution in [0.4, 0.5) is 0 Å². The zero-order valence-corrected chi connectivity index (χ0v) is 7.83. The van der Waals surface area contributed by atoms with E-state index in [1.54, 1.807) is 30.3 Å². The van der Waals surface area contributed by atoms with Crippen LogP contribution in [-0.4, -0.2) is 17.4 Å². The molecule has 0 saturated carbocycles. The van der Waals surface area contributed by atoms with E-state index in [0.29, 0.717) is 5.75 Å². The average molecular weight is 207 g/mol. The second kappa shape index (κ2) is 5.54. The first-order valence-corrected chi connectivity index (χ1v) is 4.23. The van der Waals surface area contributed by atoms with Gasteiger partial charge in [0.25, 0.3) is 0 Å². The molecule has 0 heterocycles. The van der Waals surface area contributed by atoms with Crippen molar-refractivity contribution in [3.63, 3.8) is 0 Å². The van der Waals surface area contributed by atoms with Gasteiger partial charge in [0, 0.05) is 11.0 Å². The van der Waals surface area contributed by atoms with Crippen LogP contribution in [-0.2, 0) is 4.79 Å². The summed E-state index contributed by atoms with van der Waals surface area (Å²) < 4.78 is 4.85. The molecule has 0 unspecified atom stereocenters. The summed E-state index contributed by atoms with van der Waals surface area (Å²) in [6.07, 6.45) is 2.18. The molecule has 0 bridgehead atoms. The van der Waals surface area contributed by atoms with Crippen LogP contribution >= 0.6 is 0 Å². The van der Waals surface area contributed by atoms with Gasteiger partial charge in [0.1, 0.15) is 5.75 Å². The van der Waals surface area contributed by atoms with Gasteiger partial charge in [-0.15, -0.1) is 0 Å². The summed E-state index contributed by atoms with van der Waals surface area (Å²) in [6.45, 7) is -0.385. The van der Waals surface area contributed by atoms with Crippen molar-refractivity contribution < 1.29 is 14.5 Å². The molecule has 0 N–H and O–H groups in total. The molecule has 0 atom stereocenters. The third-order valence-corrected chi connectivity index (χ3v) is 1.47. The fourth-order valence-electron chi connectivity index (χ4n) is 0.874. The van der Waals surface area contributed by atoms with Crippen molar-refractivity contribution in [3.05, 3.63) is 52.6 Å². The van der Waals surface area contributed by atoms with E-state index < -0.39 is 10.9 Å². The molecule has 0 radical (unpaired) electrons. The lowest BCUT2D eigenvalue weighted by Gasteiger charge is -1.98. The summed E-state index contributed by atoms with van der Waals surface area (Å²) in [5, 5.41) is 9.94. The third kappa shape index (κ3) is 4.56. The predicted octanol–water partition coefficient (Wildman–Crippen LogP) is 1.42. The molecule has 0 aromatic heterocycles. The predicted molar refractivity (Wildman–Crippen MR) is 53.1 cm³/mol. The maximum Gasteiger partial charge on any atom is 0.336 e. The number of nitro groups is 1. The van der Waals surface area contributed by atoms with Gasteiger partial charge in [-0.3, -0.25) is 10.1 Å². The highest BCUT2D eigenvalue weighted by atomic mass is 16.6. The number of esters is 1. The summed E-state index contributed by atoms with van der Waals surface area (Å²) in [5.41, 5.74) is 0. The van der Waals surface area contributed by atoms with Gasteiger partial charge in [-0.05, 0) is 18.2 Å². The van der Waals surface area contributed by atoms with Gasteiger partial charge in [-0.25, -0.2) is 4.79 Å². The minimum Gasteiger partial charge on any atom is -0.423 e. The molecule has 0 aliphatic carbocycles. The molecular formula is C10H9NO4. The summed E-state index contributed by atoms with van der Waals surface area (Å²) in [4.78, 5) is 20.5. The first kappa shape index (κ1) is 10.9. The van der Waals surface area contributed by atoms with Gasteiger partial charge in [0.2, 0.25) is 6.54 Å². The van der Waals surface area contributed by atoms with Crippen LogP contribution in [0.5, 0.6) is 5.75 Å². The Labute approximate surface area is 86.1 Å². The molecule has 0 saturated heterocycles. The first-order chi connectivity index (χ1) is 7.18. The molecule has 5 heteroatoms. The minimum atomic E-state index is -0.622. The Bertz CT molecular complexity index is 372. The monoisotopic (exact) mass is 207 g/mol. The van der Waals surface area contributed by atoms with Crippen LogP contribution in [0, 0.1) is 10.1 Å². The van der Waals surface area contributed by atoms with Gasteiger partial charge in [0.05, 0.1) is 0 Å². The molecule has 0 amide bonds. The van der Waals surface area contributed by atoms with E-state index in [2.05, 4.69) is 0 Å². The van der Waals surface area contributed by atoms with Crippen molar-refractivity contribution in [2.45, 2.75) is 0 Å². The largest absolute Gasteiger partial charge is 0.423 e. The highest BCUT2D eigenvalue weighted by Crippen LogP contribution is 2.08. The third-order valence-electron chi connectivity index (χ3n) is 1.47. The molecule has 1 rings (SSSR count). The average Bonchev–Trinajstić information content (AvgIpc) is 2.18. The first-order valence-electron chi connectivity index (χ1n) is 4.23. The van der Waals surface area contributed by atoms with Crippen LogP contribution in [0.3, 0.4) is 0 Å². The van der Waals surface area contributed by atoms with E-state index in [-0.39, 0.29) is 6.54 Å². The van der Waals surface area contributed by atoms with E-state index in [0.717, 1.165) is 12.2 Å². The number of benzene rings is 1. The van der Waals surface area contributed by atoms with E-state index >= 15 is 0 Å². The topological polar surface area (TPSA) is 69.4 Å². The second-order valence-electron chi connectivity index (χ2n) is 2.65. The normalized spacial score (nSPS) is 10.1. The van der Waals surface area contributed by atoms with Crippen molar-refractivity contribution in [2.24, 2.45) is 0 Å². The van der Waals surface area contributed by atoms with Gasteiger partial charge in [0.15, 0.2) is 0 Å². The maximum atomic E-state index is 11.1. The van der Waals surface area contributed by atoms with Crippen LogP contribution < -0.4 is 4.74 Å². The molecule has 78 valence electrons. The Morgan fingerprint density at radius 3 is 2.67 bits per heavy atom. The fourth-order valence-corrected chi connectivity index (χ4v) is 0.874. The van der Waals surface area contributed by atoms with Crippen molar-refractivity contribution in [3.8, 4) is 5.75 Å². The van der Waals surface area contributed by atoms with Crippen molar-refractivity contribution in [1.29, 1.82) is 0 Å². The van der Waals surface area contributed by atoms with Crippen LogP contribution in [0.15, 0.2) is 42.5 Å². The molecule has 1 aromatic carbocycles. The highest BCUT2D eigenvalue weighted by molar-refractivity contribution is 5.83. The Morgan fingerprint density at radius 2 is 2.07 bits per heavy atom. The van der Waals surface area contributed by atoms with Gasteiger partial charge in [-0.1, -0.05) is 18.2 Å². The number of para-hydroxylation sites is 1. The molecular weight excluding hydrogens is 198 g/mol. The highest BCUT2D eigenvalue weighted by Gasteiger charge is 1.99. The smallest absolute Gasteiger partial charge is 0.336 e. The lowest BCUT2D eigenvalue weighted by Crippen LogP contribution is -2.05. The van der Waals surface area contributed by atoms with Crippen molar-refractivity contribution in [2.75, 3.05) is 6.54 Å². The quantitative estimate of drug-likeness (QED) is 0.246. The van der Waals surface area contributed by atoms with E-state index in [1.165, 1.54) is 0 Å². The Hall–Kier alpha value is -2.17. The molecule has 0 fully saturated rings. The van der Waals surface area contributed by atoms with Crippen LogP contribution in [0.1, 0.15) is 0 Å². The second-order valence-corrected chi connectivity index (χ2v) is 2.65. The Kier molecular flexibility index (Phi) is 4.03. The van der Waals surface area contributed by atoms with E-state index in [9.17, 15) is 14.9 Å². The summed E-state index contributed by atoms with van der Waals surface area (Å²) >= 11 is 0. The number of ether oxygens (including phenoxy) is 1. The van der Waals surface area contributed by atoms with Gasteiger partial charge >= 0.3 is 5.97 Å². The Morgan fingerprint density at radius 1 is 1.40 bits per heavy atom. The zero-order chi connectivity index (χ0) is 11.1. The SMILES string of the molecule is O=C(/C=C/C[N+](=O)[O-])Oc1ccccc1. The number of nitrogens with zero attached hydrogens (tertiary/aromatic N) is 1. The molecule has 1 aromatic rings. The van der Waals surface area contributed by atoms with Crippen molar-refractivity contribution >= 4 is 5.97 Å². The van der Waals surface area contributed by atoms with E-state index in [4.69, 9.17) is 4.74 Å². The number of rotatable bonds is 4. The van der Waals surface area contributed by atoms with E-state index in [1.807, 2.05) is 0 Å². The maximum absolute atomic E-state index is 11.1. The van der Waals surface area contributed by atoms with Gasteiger partial charge in [-0.2, -0.15) is 0 Å². The molecule has 0 aliphatic rings. The summed E-state index contributed by atoms with van der Waals surface area (Å²) in [5.74, 6) is -0.212. The molecule has 15 heavy (non-hydrogen) atoms. The number of hydrogen-bond donors (Lipinski definition) is 0. The van der Waals surface area contributed by atoms with Crippen LogP contribution in [0.2, 0.25) is 0 Å². The lowest BCUT2D eigenvalue weighted by atomic mass is 10.3. The number of carbonyl (C=O) groups is 1. The van der Waals surface area contributed by atoms with Crippen LogP contribution in [0.25, 0.3) is 0 Å². The lowest BCUT2D eigenvalue weighted by molar-refractivity contribution is -0.468. The number of carbonyl (C=O) groups excluding carboxylic acids is 1. The molecule has 0 aliphatic heterocycles. The minimum absolute atomic E-state index is 0.385. The Balaban J connectivity index is 2.43. The van der Waals surface area contributed by atoms with Gasteiger partial charge < -0.3 is 4.74 Å². The number of hydrogen-bond acceptors (Lipinski definition) is 4. The molecule has 5 nitrogen and oxygen atoms in total. The standard InChI is InChI=1S/C10H9NO4/c12-10(7-4-8-11(13)14)15-9-5-2-1-3-6-9/h1-7H,8H2/b7-4+. The summed E-state index contributed by atoms with van der Waals surface area (Å²) in [6, 6.07) is 8.49. The zero-order valence-electron chi connectivity index (χ0n) is 7.83.